The molecule has 0 saturated heterocycles. The van der Waals surface area contributed by atoms with Crippen LogP contribution in [0.4, 0.5) is 0 Å². The van der Waals surface area contributed by atoms with Gasteiger partial charge in [-0.3, -0.25) is 0 Å². The second kappa shape index (κ2) is 5.14. The van der Waals surface area contributed by atoms with Crippen LogP contribution >= 0.6 is 0 Å². The summed E-state index contributed by atoms with van der Waals surface area (Å²) in [7, 11) is 0. The Morgan fingerprint density at radius 1 is 1.60 bits per heavy atom. The summed E-state index contributed by atoms with van der Waals surface area (Å²) in [6.45, 7) is 0. The van der Waals surface area contributed by atoms with Gasteiger partial charge in [-0.1, -0.05) is 0 Å². The monoisotopic (exact) mass is 124 g/mol. The molecule has 0 aliphatic rings. The van der Waals surface area contributed by atoms with Crippen LogP contribution < -0.4 is 29.6 Å². The van der Waals surface area contributed by atoms with Crippen LogP contribution in [-0.4, -0.2) is 4.03 Å². The van der Waals surface area contributed by atoms with Crippen LogP contribution in [0.15, 0.2) is 0 Å². The maximum absolute atomic E-state index is 8.67. The molecule has 0 spiro atoms. The Hall–Kier alpha value is 1.14. The Bertz CT molecular complexity index is 59.2. The number of rotatable bonds is 0. The summed E-state index contributed by atoms with van der Waals surface area (Å²) in [6, 6.07) is 0. The third kappa shape index (κ3) is 38.8. The summed E-state index contributed by atoms with van der Waals surface area (Å²) in [5.41, 5.74) is 0. The van der Waals surface area contributed by atoms with Crippen LogP contribution in [0.5, 0.6) is 0 Å². The zero-order valence-electron chi connectivity index (χ0n) is 3.71. The van der Waals surface area contributed by atoms with Gasteiger partial charge in [0.25, 0.3) is 0 Å². The number of hydrogen-bond donors (Lipinski definition) is 1. The summed E-state index contributed by atoms with van der Waals surface area (Å²) in [6.07, 6.45) is 0. The van der Waals surface area contributed by atoms with Gasteiger partial charge in [-0.2, -0.15) is 0 Å². The molecule has 0 amide bonds. The van der Waals surface area contributed by atoms with Crippen LogP contribution in [0.3, 0.4) is 0 Å². The molecule has 0 radical (unpaired) electrons. The van der Waals surface area contributed by atoms with Gasteiger partial charge in [-0.15, -0.1) is 0 Å². The van der Waals surface area contributed by atoms with E-state index in [0.29, 0.717) is 0 Å². The van der Waals surface area contributed by atoms with Crippen molar-refractivity contribution >= 4 is 0 Å². The Morgan fingerprint density at radius 3 is 1.60 bits per heavy atom. The zero-order chi connectivity index (χ0) is 3.58. The molecule has 0 rings (SSSR count). The van der Waals surface area contributed by atoms with E-state index in [4.69, 9.17) is 11.4 Å². The third-order valence-corrected chi connectivity index (χ3v) is 0. The minimum atomic E-state index is -3.69. The van der Waals surface area contributed by atoms with E-state index in [1.165, 1.54) is 0 Å². The Labute approximate surface area is 57.5 Å². The standard InChI is InChI=1S/Na.H2O.2O.V.H/h;1H2;;;;/q+1;;;;+1;-1/p-1. The predicted molar refractivity (Wildman–Crippen MR) is 4.70 cm³/mol. The molecule has 0 unspecified atom stereocenters. The third-order valence-electron chi connectivity index (χ3n) is 0. The van der Waals surface area contributed by atoms with Crippen molar-refractivity contribution in [3.05, 3.63) is 0 Å². The molecule has 5 heteroatoms. The summed E-state index contributed by atoms with van der Waals surface area (Å²) in [5, 5.41) is 0. The van der Waals surface area contributed by atoms with Crippen LogP contribution in [0.2, 0.25) is 0 Å². The van der Waals surface area contributed by atoms with Gasteiger partial charge < -0.3 is 1.43 Å². The predicted octanol–water partition coefficient (Wildman–Crippen LogP) is -3.68. The molecule has 26 valence electrons. The first-order valence-corrected chi connectivity index (χ1v) is 2.33. The topological polar surface area (TPSA) is 54.4 Å². The van der Waals surface area contributed by atoms with Crippen LogP contribution in [0.1, 0.15) is 1.43 Å². The quantitative estimate of drug-likeness (QED) is 0.338. The Morgan fingerprint density at radius 2 is 1.60 bits per heavy atom. The molecule has 0 aliphatic heterocycles. The summed E-state index contributed by atoms with van der Waals surface area (Å²) >= 11 is -3.69. The molecular formula is H2NaO3V. The molecule has 0 aromatic heterocycles. The van der Waals surface area contributed by atoms with Gasteiger partial charge >= 0.3 is 56.3 Å². The summed E-state index contributed by atoms with van der Waals surface area (Å²) in [4.78, 5) is 0. The Kier molecular flexibility index (Phi) is 9.74. The van der Waals surface area contributed by atoms with Gasteiger partial charge in [0, 0.05) is 0 Å². The first-order valence-electron chi connectivity index (χ1n) is 0.565. The average Bonchev–Trinajstić information content (AvgIpc) is 0.811. The van der Waals surface area contributed by atoms with Gasteiger partial charge in [0.2, 0.25) is 0 Å². The normalized spacial score (nSPS) is 5.00. The van der Waals surface area contributed by atoms with Crippen LogP contribution in [0, 0.1) is 0 Å². The molecule has 0 bridgehead atoms. The van der Waals surface area contributed by atoms with Gasteiger partial charge in [0.1, 0.15) is 0 Å². The molecule has 0 aromatic carbocycles. The zero-order valence-corrected chi connectivity index (χ0v) is 6.11. The Balaban J connectivity index is -0.0000000450. The average molecular weight is 124 g/mol. The van der Waals surface area contributed by atoms with E-state index in [-0.39, 0.29) is 31.0 Å². The van der Waals surface area contributed by atoms with E-state index < -0.39 is 15.4 Å². The first-order chi connectivity index (χ1) is 1.73. The van der Waals surface area contributed by atoms with E-state index in [1.54, 1.807) is 0 Å². The van der Waals surface area contributed by atoms with Crippen LogP contribution in [-0.2, 0) is 22.7 Å². The summed E-state index contributed by atoms with van der Waals surface area (Å²) in [5.74, 6) is 0. The molecule has 0 heterocycles. The van der Waals surface area contributed by atoms with Crippen molar-refractivity contribution in [1.29, 1.82) is 0 Å². The second-order valence-corrected chi connectivity index (χ2v) is 0.981. The fourth-order valence-corrected chi connectivity index (χ4v) is 0. The second-order valence-electron chi connectivity index (χ2n) is 0.238. The number of hydrogen-bond acceptors (Lipinski definition) is 2. The van der Waals surface area contributed by atoms with E-state index in [0.717, 1.165) is 0 Å². The molecule has 0 fully saturated rings. The van der Waals surface area contributed by atoms with Gasteiger partial charge in [-0.05, 0) is 0 Å². The van der Waals surface area contributed by atoms with Gasteiger partial charge in [-0.25, -0.2) is 0 Å². The molecule has 1 N–H and O–H groups in total. The molecule has 5 heavy (non-hydrogen) atoms. The SMILES string of the molecule is [H-].[Na+].[O]=[V](=[O])[OH]. The van der Waals surface area contributed by atoms with E-state index in [9.17, 15) is 0 Å². The summed E-state index contributed by atoms with van der Waals surface area (Å²) < 4.78 is 24.4. The van der Waals surface area contributed by atoms with Crippen molar-refractivity contribution in [2.75, 3.05) is 0 Å². The van der Waals surface area contributed by atoms with E-state index >= 15 is 0 Å². The fourth-order valence-electron chi connectivity index (χ4n) is 0. The fraction of sp³-hybridized carbons (Fsp3) is 0. The van der Waals surface area contributed by atoms with Crippen molar-refractivity contribution in [3.63, 3.8) is 0 Å². The van der Waals surface area contributed by atoms with Gasteiger partial charge in [0.15, 0.2) is 0 Å². The van der Waals surface area contributed by atoms with Crippen molar-refractivity contribution in [2.45, 2.75) is 0 Å². The van der Waals surface area contributed by atoms with Crippen LogP contribution in [0.25, 0.3) is 0 Å². The molecule has 3 nitrogen and oxygen atoms in total. The van der Waals surface area contributed by atoms with Crippen molar-refractivity contribution in [3.8, 4) is 0 Å². The molecule has 0 saturated carbocycles. The van der Waals surface area contributed by atoms with Crippen molar-refractivity contribution in [2.24, 2.45) is 0 Å². The molecule has 0 aromatic rings. The maximum atomic E-state index is 8.67. The van der Waals surface area contributed by atoms with E-state index in [1.807, 2.05) is 0 Å². The molecule has 0 atom stereocenters. The van der Waals surface area contributed by atoms with E-state index in [2.05, 4.69) is 0 Å². The molecular weight excluding hydrogens is 122 g/mol. The first kappa shape index (κ1) is 9.47. The molecule has 0 aliphatic carbocycles. The van der Waals surface area contributed by atoms with Crippen molar-refractivity contribution in [1.82, 2.24) is 0 Å². The minimum absolute atomic E-state index is 0. The van der Waals surface area contributed by atoms with Gasteiger partial charge in [0.05, 0.1) is 0 Å². The van der Waals surface area contributed by atoms with Crippen molar-refractivity contribution < 1.29 is 57.8 Å².